The van der Waals surface area contributed by atoms with Crippen molar-refractivity contribution in [2.75, 3.05) is 26.2 Å². The summed E-state index contributed by atoms with van der Waals surface area (Å²) in [7, 11) is 0. The number of aliphatic hydroxyl groups excluding tert-OH is 1. The van der Waals surface area contributed by atoms with E-state index in [2.05, 4.69) is 31.0 Å². The zero-order chi connectivity index (χ0) is 11.3. The standard InChI is InChI=1S/C12H26N2O/c1-4-11-7-6-8-14(11)9-12(3,10-15)13-5-2/h11,13,15H,4-10H2,1-3H3. The van der Waals surface area contributed by atoms with Crippen molar-refractivity contribution in [1.29, 1.82) is 0 Å². The molecule has 1 heterocycles. The molecule has 0 aromatic rings. The molecule has 2 unspecified atom stereocenters. The summed E-state index contributed by atoms with van der Waals surface area (Å²) >= 11 is 0. The molecule has 0 spiro atoms. The van der Waals surface area contributed by atoms with Crippen molar-refractivity contribution >= 4 is 0 Å². The highest BCUT2D eigenvalue weighted by Crippen LogP contribution is 2.21. The van der Waals surface area contributed by atoms with Gasteiger partial charge in [0.15, 0.2) is 0 Å². The number of likely N-dealkylation sites (N-methyl/N-ethyl adjacent to an activating group) is 1. The molecule has 3 heteroatoms. The lowest BCUT2D eigenvalue weighted by atomic mass is 10.0. The molecule has 2 N–H and O–H groups in total. The molecule has 0 aliphatic carbocycles. The quantitative estimate of drug-likeness (QED) is 0.698. The van der Waals surface area contributed by atoms with Crippen LogP contribution in [0.1, 0.15) is 40.0 Å². The van der Waals surface area contributed by atoms with Crippen molar-refractivity contribution in [1.82, 2.24) is 10.2 Å². The summed E-state index contributed by atoms with van der Waals surface area (Å²) in [4.78, 5) is 2.53. The van der Waals surface area contributed by atoms with Crippen molar-refractivity contribution in [2.24, 2.45) is 0 Å². The molecule has 1 aliphatic rings. The van der Waals surface area contributed by atoms with Crippen molar-refractivity contribution < 1.29 is 5.11 Å². The molecule has 90 valence electrons. The van der Waals surface area contributed by atoms with E-state index in [1.165, 1.54) is 25.8 Å². The Kier molecular flexibility index (Phi) is 5.03. The zero-order valence-corrected chi connectivity index (χ0v) is 10.4. The number of likely N-dealkylation sites (tertiary alicyclic amines) is 1. The minimum atomic E-state index is -0.132. The van der Waals surface area contributed by atoms with E-state index in [0.717, 1.165) is 19.1 Å². The molecule has 3 nitrogen and oxygen atoms in total. The fraction of sp³-hybridized carbons (Fsp3) is 1.00. The number of hydrogen-bond donors (Lipinski definition) is 2. The monoisotopic (exact) mass is 214 g/mol. The lowest BCUT2D eigenvalue weighted by Gasteiger charge is -2.35. The fourth-order valence-electron chi connectivity index (χ4n) is 2.60. The summed E-state index contributed by atoms with van der Waals surface area (Å²) in [5.74, 6) is 0. The van der Waals surface area contributed by atoms with Crippen LogP contribution in [0.4, 0.5) is 0 Å². The highest BCUT2D eigenvalue weighted by Gasteiger charge is 2.30. The Morgan fingerprint density at radius 3 is 2.73 bits per heavy atom. The second kappa shape index (κ2) is 5.83. The van der Waals surface area contributed by atoms with Crippen LogP contribution in [0.15, 0.2) is 0 Å². The van der Waals surface area contributed by atoms with Crippen LogP contribution in [0, 0.1) is 0 Å². The van der Waals surface area contributed by atoms with Crippen LogP contribution in [0.3, 0.4) is 0 Å². The molecule has 0 aromatic heterocycles. The molecule has 0 radical (unpaired) electrons. The van der Waals surface area contributed by atoms with Crippen LogP contribution < -0.4 is 5.32 Å². The van der Waals surface area contributed by atoms with Crippen LogP contribution in [0.5, 0.6) is 0 Å². The van der Waals surface area contributed by atoms with Gasteiger partial charge >= 0.3 is 0 Å². The van der Waals surface area contributed by atoms with E-state index in [1.807, 2.05) is 0 Å². The summed E-state index contributed by atoms with van der Waals surface area (Å²) in [6.07, 6.45) is 3.86. The molecule has 1 fully saturated rings. The average molecular weight is 214 g/mol. The Morgan fingerprint density at radius 1 is 1.47 bits per heavy atom. The van der Waals surface area contributed by atoms with Gasteiger partial charge in [-0.1, -0.05) is 13.8 Å². The molecule has 1 aliphatic heterocycles. The van der Waals surface area contributed by atoms with Crippen molar-refractivity contribution in [3.63, 3.8) is 0 Å². The average Bonchev–Trinajstić information content (AvgIpc) is 2.65. The fourth-order valence-corrected chi connectivity index (χ4v) is 2.60. The zero-order valence-electron chi connectivity index (χ0n) is 10.4. The van der Waals surface area contributed by atoms with Gasteiger partial charge in [0.05, 0.1) is 12.1 Å². The molecule has 0 aromatic carbocycles. The number of hydrogen-bond acceptors (Lipinski definition) is 3. The van der Waals surface area contributed by atoms with E-state index in [1.54, 1.807) is 0 Å². The minimum Gasteiger partial charge on any atom is -0.394 e. The van der Waals surface area contributed by atoms with Crippen LogP contribution in [-0.2, 0) is 0 Å². The maximum atomic E-state index is 9.45. The third kappa shape index (κ3) is 3.44. The molecule has 1 rings (SSSR count). The number of rotatable bonds is 6. The second-order valence-electron chi connectivity index (χ2n) is 4.92. The number of nitrogens with one attached hydrogen (secondary N) is 1. The maximum Gasteiger partial charge on any atom is 0.0623 e. The largest absolute Gasteiger partial charge is 0.394 e. The SMILES string of the molecule is CCNC(C)(CO)CN1CCCC1CC. The number of aliphatic hydroxyl groups is 1. The molecule has 2 atom stereocenters. The summed E-state index contributed by atoms with van der Waals surface area (Å²) in [6.45, 7) is 9.76. The Hall–Kier alpha value is -0.120. The van der Waals surface area contributed by atoms with Gasteiger partial charge in [-0.15, -0.1) is 0 Å². The third-order valence-electron chi connectivity index (χ3n) is 3.47. The van der Waals surface area contributed by atoms with E-state index in [9.17, 15) is 5.11 Å². The van der Waals surface area contributed by atoms with Crippen molar-refractivity contribution in [3.05, 3.63) is 0 Å². The Bertz CT molecular complexity index is 186. The summed E-state index contributed by atoms with van der Waals surface area (Å²) < 4.78 is 0. The van der Waals surface area contributed by atoms with Crippen molar-refractivity contribution in [2.45, 2.75) is 51.6 Å². The highest BCUT2D eigenvalue weighted by molar-refractivity contribution is 4.90. The van der Waals surface area contributed by atoms with E-state index in [4.69, 9.17) is 0 Å². The highest BCUT2D eigenvalue weighted by atomic mass is 16.3. The van der Waals surface area contributed by atoms with Gasteiger partial charge in [0, 0.05) is 12.6 Å². The third-order valence-corrected chi connectivity index (χ3v) is 3.47. The molecule has 0 bridgehead atoms. The summed E-state index contributed by atoms with van der Waals surface area (Å²) in [6, 6.07) is 0.731. The van der Waals surface area contributed by atoms with Gasteiger partial charge in [-0.25, -0.2) is 0 Å². The Balaban J connectivity index is 2.50. The maximum absolute atomic E-state index is 9.45. The first-order valence-corrected chi connectivity index (χ1v) is 6.25. The molecular formula is C12H26N2O. The van der Waals surface area contributed by atoms with Gasteiger partial charge in [-0.05, 0) is 39.3 Å². The van der Waals surface area contributed by atoms with Crippen LogP contribution in [0.25, 0.3) is 0 Å². The normalized spacial score (nSPS) is 26.8. The first-order chi connectivity index (χ1) is 7.15. The topological polar surface area (TPSA) is 35.5 Å². The van der Waals surface area contributed by atoms with E-state index in [0.29, 0.717) is 0 Å². The first-order valence-electron chi connectivity index (χ1n) is 6.25. The van der Waals surface area contributed by atoms with Gasteiger partial charge in [0.25, 0.3) is 0 Å². The van der Waals surface area contributed by atoms with Gasteiger partial charge in [-0.3, -0.25) is 4.90 Å². The summed E-state index contributed by atoms with van der Waals surface area (Å²) in [5, 5.41) is 12.8. The Labute approximate surface area is 93.9 Å². The lowest BCUT2D eigenvalue weighted by Crippen LogP contribution is -2.54. The van der Waals surface area contributed by atoms with Crippen molar-refractivity contribution in [3.8, 4) is 0 Å². The lowest BCUT2D eigenvalue weighted by molar-refractivity contribution is 0.113. The van der Waals surface area contributed by atoms with Crippen LogP contribution in [0.2, 0.25) is 0 Å². The smallest absolute Gasteiger partial charge is 0.0623 e. The van der Waals surface area contributed by atoms with Gasteiger partial charge < -0.3 is 10.4 Å². The van der Waals surface area contributed by atoms with E-state index in [-0.39, 0.29) is 12.1 Å². The predicted molar refractivity (Wildman–Crippen MR) is 64.1 cm³/mol. The van der Waals surface area contributed by atoms with E-state index >= 15 is 0 Å². The van der Waals surface area contributed by atoms with Gasteiger partial charge in [0.2, 0.25) is 0 Å². The molecule has 15 heavy (non-hydrogen) atoms. The molecule has 0 saturated carbocycles. The summed E-state index contributed by atoms with van der Waals surface area (Å²) in [5.41, 5.74) is -0.132. The molecule has 1 saturated heterocycles. The molecular weight excluding hydrogens is 188 g/mol. The molecule has 0 amide bonds. The van der Waals surface area contributed by atoms with Gasteiger partial charge in [0.1, 0.15) is 0 Å². The van der Waals surface area contributed by atoms with E-state index < -0.39 is 0 Å². The first kappa shape index (κ1) is 12.9. The number of nitrogens with zero attached hydrogens (tertiary/aromatic N) is 1. The Morgan fingerprint density at radius 2 is 2.20 bits per heavy atom. The van der Waals surface area contributed by atoms with Gasteiger partial charge in [-0.2, -0.15) is 0 Å². The second-order valence-corrected chi connectivity index (χ2v) is 4.92. The van der Waals surface area contributed by atoms with Crippen LogP contribution >= 0.6 is 0 Å². The predicted octanol–water partition coefficient (Wildman–Crippen LogP) is 1.22. The minimum absolute atomic E-state index is 0.132. The van der Waals surface area contributed by atoms with Crippen LogP contribution in [-0.4, -0.2) is 47.8 Å².